The number of halogens is 3. The van der Waals surface area contributed by atoms with E-state index in [4.69, 9.17) is 23.2 Å². The molecule has 2 saturated carbocycles. The Kier molecular flexibility index (Phi) is 7.39. The zero-order valence-electron chi connectivity index (χ0n) is 24.0. The molecule has 3 atom stereocenters. The molecule has 6 nitrogen and oxygen atoms in total. The largest absolute Gasteiger partial charge is 0.352 e. The molecule has 9 heteroatoms. The van der Waals surface area contributed by atoms with Crippen molar-refractivity contribution in [2.24, 2.45) is 11.3 Å². The molecule has 1 aromatic carbocycles. The normalized spacial score (nSPS) is 31.7. The number of aromatic nitrogens is 1. The lowest BCUT2D eigenvalue weighted by Crippen LogP contribution is -2.61. The van der Waals surface area contributed by atoms with E-state index in [9.17, 15) is 9.59 Å². The van der Waals surface area contributed by atoms with Crippen molar-refractivity contribution in [3.05, 3.63) is 57.6 Å². The van der Waals surface area contributed by atoms with Gasteiger partial charge in [-0.2, -0.15) is 0 Å². The van der Waals surface area contributed by atoms with E-state index in [1.54, 1.807) is 18.2 Å². The molecule has 3 fully saturated rings. The molecule has 6 rings (SSSR count). The molecular weight excluding hydrogens is 562 g/mol. The minimum Gasteiger partial charge on any atom is -0.352 e. The molecule has 2 aliphatic heterocycles. The zero-order chi connectivity index (χ0) is 29.2. The summed E-state index contributed by atoms with van der Waals surface area (Å²) < 4.78 is 16.0. The van der Waals surface area contributed by atoms with Crippen LogP contribution in [-0.4, -0.2) is 34.4 Å². The molecule has 3 N–H and O–H groups in total. The van der Waals surface area contributed by atoms with Gasteiger partial charge in [0.1, 0.15) is 5.41 Å². The zero-order valence-corrected chi connectivity index (χ0v) is 25.5. The number of carbonyl (C=O) groups is 2. The molecule has 1 saturated heterocycles. The van der Waals surface area contributed by atoms with E-state index in [2.05, 4.69) is 41.7 Å². The predicted molar refractivity (Wildman–Crippen MR) is 160 cm³/mol. The maximum atomic E-state index is 16.0. The van der Waals surface area contributed by atoms with Crippen molar-refractivity contribution in [2.75, 3.05) is 5.32 Å². The van der Waals surface area contributed by atoms with Gasteiger partial charge in [0.15, 0.2) is 11.0 Å². The Morgan fingerprint density at radius 3 is 2.49 bits per heavy atom. The van der Waals surface area contributed by atoms with Crippen molar-refractivity contribution in [3.8, 4) is 0 Å². The number of fused-ring (bicyclic) bond motifs is 3. The maximum Gasteiger partial charge on any atom is 0.238 e. The third-order valence-corrected chi connectivity index (χ3v) is 11.2. The van der Waals surface area contributed by atoms with Gasteiger partial charge in [-0.15, -0.1) is 0 Å². The first-order chi connectivity index (χ1) is 19.5. The SMILES string of the molecule is CCC1CCC(NC(=O)[C@@H]2NC3(CCC(C)(C)CC3)[C@@]3(C(=O)Nc4cc(Cl)ccc43)[C@H]2c2ccnc(Cl)c2F)CC1. The lowest BCUT2D eigenvalue weighted by Gasteiger charge is -2.50. The number of hydrogen-bond acceptors (Lipinski definition) is 4. The molecule has 2 aromatic rings. The van der Waals surface area contributed by atoms with Gasteiger partial charge in [-0.1, -0.05) is 56.5 Å². The fourth-order valence-corrected chi connectivity index (χ4v) is 8.67. The molecule has 2 amide bonds. The summed E-state index contributed by atoms with van der Waals surface area (Å²) in [6, 6.07) is 6.18. The number of benzene rings is 1. The molecule has 220 valence electrons. The van der Waals surface area contributed by atoms with Crippen LogP contribution in [0.5, 0.6) is 0 Å². The van der Waals surface area contributed by atoms with Gasteiger partial charge >= 0.3 is 0 Å². The van der Waals surface area contributed by atoms with Crippen LogP contribution in [0.1, 0.15) is 95.6 Å². The Bertz CT molecular complexity index is 1370. The molecule has 4 aliphatic rings. The van der Waals surface area contributed by atoms with Crippen LogP contribution in [0.4, 0.5) is 10.1 Å². The number of hydrogen-bond donors (Lipinski definition) is 3. The molecule has 0 unspecified atom stereocenters. The van der Waals surface area contributed by atoms with Gasteiger partial charge in [0.25, 0.3) is 0 Å². The number of rotatable bonds is 4. The Morgan fingerprint density at radius 1 is 1.10 bits per heavy atom. The average molecular weight is 602 g/mol. The highest BCUT2D eigenvalue weighted by Gasteiger charge is 2.73. The number of anilines is 1. The monoisotopic (exact) mass is 600 g/mol. The maximum absolute atomic E-state index is 16.0. The van der Waals surface area contributed by atoms with Crippen molar-refractivity contribution in [3.63, 3.8) is 0 Å². The fraction of sp³-hybridized carbons (Fsp3) is 0.594. The van der Waals surface area contributed by atoms with E-state index in [1.807, 2.05) is 6.07 Å². The number of nitrogens with one attached hydrogen (secondary N) is 3. The predicted octanol–water partition coefficient (Wildman–Crippen LogP) is 6.90. The number of carbonyl (C=O) groups excluding carboxylic acids is 2. The summed E-state index contributed by atoms with van der Waals surface area (Å²) in [7, 11) is 0. The van der Waals surface area contributed by atoms with Crippen molar-refractivity contribution >= 4 is 40.7 Å². The number of nitrogens with zero attached hydrogens (tertiary/aromatic N) is 1. The van der Waals surface area contributed by atoms with Crippen LogP contribution < -0.4 is 16.0 Å². The summed E-state index contributed by atoms with van der Waals surface area (Å²) in [6.45, 7) is 6.69. The first kappa shape index (κ1) is 28.9. The molecule has 0 bridgehead atoms. The summed E-state index contributed by atoms with van der Waals surface area (Å²) in [6.07, 6.45) is 9.66. The van der Waals surface area contributed by atoms with E-state index < -0.39 is 28.7 Å². The van der Waals surface area contributed by atoms with Crippen LogP contribution >= 0.6 is 23.2 Å². The van der Waals surface area contributed by atoms with Gasteiger partial charge in [-0.25, -0.2) is 9.37 Å². The van der Waals surface area contributed by atoms with Gasteiger partial charge in [-0.3, -0.25) is 14.9 Å². The molecule has 3 heterocycles. The Morgan fingerprint density at radius 2 is 1.80 bits per heavy atom. The van der Waals surface area contributed by atoms with E-state index in [0.717, 1.165) is 50.5 Å². The Labute approximate surface area is 251 Å². The lowest BCUT2D eigenvalue weighted by molar-refractivity contribution is -0.125. The summed E-state index contributed by atoms with van der Waals surface area (Å²) in [5.41, 5.74) is -0.359. The van der Waals surface area contributed by atoms with Crippen molar-refractivity contribution in [1.29, 1.82) is 0 Å². The lowest BCUT2D eigenvalue weighted by atomic mass is 9.53. The van der Waals surface area contributed by atoms with Crippen molar-refractivity contribution in [1.82, 2.24) is 15.6 Å². The van der Waals surface area contributed by atoms with Gasteiger partial charge in [0.2, 0.25) is 11.8 Å². The number of pyridine rings is 1. The molecule has 2 aliphatic carbocycles. The van der Waals surface area contributed by atoms with Crippen LogP contribution in [0.15, 0.2) is 30.5 Å². The van der Waals surface area contributed by atoms with Crippen LogP contribution in [-0.2, 0) is 15.0 Å². The first-order valence-electron chi connectivity index (χ1n) is 15.0. The summed E-state index contributed by atoms with van der Waals surface area (Å²) in [5, 5.41) is 10.4. The molecule has 41 heavy (non-hydrogen) atoms. The van der Waals surface area contributed by atoms with Gasteiger partial charge in [-0.05, 0) is 92.0 Å². The second kappa shape index (κ2) is 10.5. The molecule has 0 radical (unpaired) electrons. The Balaban J connectivity index is 1.51. The minimum atomic E-state index is -1.25. The third-order valence-electron chi connectivity index (χ3n) is 10.7. The van der Waals surface area contributed by atoms with Gasteiger partial charge in [0, 0.05) is 34.4 Å². The molecular formula is C32H39Cl2FN4O2. The highest BCUT2D eigenvalue weighted by molar-refractivity contribution is 6.31. The standard InChI is InChI=1S/C32H39Cl2FN4O2/c1-4-18-5-8-20(9-6-18)37-28(40)26-24(21-11-16-36-27(34)25(21)35)32(31(39-26)14-12-30(2,3)13-15-31)22-10-7-19(33)17-23(22)38-29(32)41/h7,10-11,16-18,20,24,26,39H,4-6,8-9,12-15H2,1-3H3,(H,37,40)(H,38,41)/t18?,20?,24-,26+,32+/m0/s1. The molecule has 2 spiro atoms. The van der Waals surface area contributed by atoms with Gasteiger partial charge in [0.05, 0.1) is 6.04 Å². The topological polar surface area (TPSA) is 83.1 Å². The van der Waals surface area contributed by atoms with Gasteiger partial charge < -0.3 is 10.6 Å². The second-order valence-corrected chi connectivity index (χ2v) is 14.2. The highest BCUT2D eigenvalue weighted by atomic mass is 35.5. The Hall–Kier alpha value is -2.22. The van der Waals surface area contributed by atoms with E-state index >= 15 is 4.39 Å². The van der Waals surface area contributed by atoms with Crippen LogP contribution in [0.2, 0.25) is 10.2 Å². The van der Waals surface area contributed by atoms with Crippen LogP contribution in [0, 0.1) is 17.2 Å². The third kappa shape index (κ3) is 4.58. The van der Waals surface area contributed by atoms with Crippen molar-refractivity contribution < 1.29 is 14.0 Å². The quantitative estimate of drug-likeness (QED) is 0.333. The van der Waals surface area contributed by atoms with Crippen molar-refractivity contribution in [2.45, 2.75) is 108 Å². The minimum absolute atomic E-state index is 0.0555. The van der Waals surface area contributed by atoms with E-state index in [0.29, 0.717) is 29.5 Å². The average Bonchev–Trinajstić information content (AvgIpc) is 3.40. The van der Waals surface area contributed by atoms with Crippen LogP contribution in [0.25, 0.3) is 0 Å². The smallest absolute Gasteiger partial charge is 0.238 e. The fourth-order valence-electron chi connectivity index (χ4n) is 8.33. The molecule has 1 aromatic heterocycles. The number of amides is 2. The second-order valence-electron chi connectivity index (χ2n) is 13.4. The first-order valence-corrected chi connectivity index (χ1v) is 15.8. The summed E-state index contributed by atoms with van der Waals surface area (Å²) in [5.74, 6) is -1.28. The summed E-state index contributed by atoms with van der Waals surface area (Å²) in [4.78, 5) is 32.8. The van der Waals surface area contributed by atoms with E-state index in [-0.39, 0.29) is 34.0 Å². The van der Waals surface area contributed by atoms with E-state index in [1.165, 1.54) is 6.20 Å². The van der Waals surface area contributed by atoms with Crippen LogP contribution in [0.3, 0.4) is 0 Å². The summed E-state index contributed by atoms with van der Waals surface area (Å²) >= 11 is 12.6. The highest BCUT2D eigenvalue weighted by Crippen LogP contribution is 2.64.